The van der Waals surface area contributed by atoms with E-state index in [4.69, 9.17) is 0 Å². The molecule has 1 saturated carbocycles. The van der Waals surface area contributed by atoms with Crippen LogP contribution in [0.3, 0.4) is 0 Å². The largest absolute Gasteiger partial charge is 0.0958 e. The van der Waals surface area contributed by atoms with Gasteiger partial charge in [-0.25, -0.2) is 0 Å². The fraction of sp³-hybridized carbons (Fsp3) is 0.714. The summed E-state index contributed by atoms with van der Waals surface area (Å²) in [6, 6.07) is 0. The minimum absolute atomic E-state index is 0.416. The summed E-state index contributed by atoms with van der Waals surface area (Å²) in [4.78, 5) is 0. The molecule has 1 atom stereocenters. The highest BCUT2D eigenvalue weighted by Crippen LogP contribution is 2.56. The zero-order chi connectivity index (χ0) is 10.6. The monoisotopic (exact) mass is 190 g/mol. The summed E-state index contributed by atoms with van der Waals surface area (Å²) in [6.45, 7) is 13.7. The molecule has 2 aliphatic carbocycles. The molecule has 0 N–H and O–H groups in total. The van der Waals surface area contributed by atoms with Crippen molar-refractivity contribution < 1.29 is 0 Å². The molecule has 0 saturated heterocycles. The van der Waals surface area contributed by atoms with Gasteiger partial charge in [0.1, 0.15) is 0 Å². The van der Waals surface area contributed by atoms with E-state index in [1.807, 2.05) is 0 Å². The van der Waals surface area contributed by atoms with Crippen LogP contribution in [0.4, 0.5) is 0 Å². The smallest absolute Gasteiger partial charge is 0.0103 e. The Kier molecular flexibility index (Phi) is 1.96. The van der Waals surface area contributed by atoms with E-state index in [0.717, 1.165) is 5.92 Å². The van der Waals surface area contributed by atoms with Crippen LogP contribution in [-0.2, 0) is 0 Å². The predicted molar refractivity (Wildman–Crippen MR) is 62.1 cm³/mol. The average molecular weight is 190 g/mol. The van der Waals surface area contributed by atoms with E-state index in [1.165, 1.54) is 24.8 Å². The molecule has 0 nitrogen and oxygen atoms in total. The lowest BCUT2D eigenvalue weighted by atomic mass is 9.58. The Morgan fingerprint density at radius 2 is 1.86 bits per heavy atom. The van der Waals surface area contributed by atoms with Gasteiger partial charge in [-0.05, 0) is 36.0 Å². The molecule has 0 aromatic carbocycles. The topological polar surface area (TPSA) is 0 Å². The minimum Gasteiger partial charge on any atom is -0.0958 e. The van der Waals surface area contributed by atoms with E-state index < -0.39 is 0 Å². The molecular weight excluding hydrogens is 168 g/mol. The van der Waals surface area contributed by atoms with E-state index in [9.17, 15) is 0 Å². The van der Waals surface area contributed by atoms with Gasteiger partial charge in [0.25, 0.3) is 0 Å². The third kappa shape index (κ3) is 1.36. The van der Waals surface area contributed by atoms with Crippen molar-refractivity contribution in [2.75, 3.05) is 0 Å². The molecule has 0 radical (unpaired) electrons. The Hall–Kier alpha value is -0.520. The first-order chi connectivity index (χ1) is 6.33. The lowest BCUT2D eigenvalue weighted by molar-refractivity contribution is 0.130. The van der Waals surface area contributed by atoms with Crippen molar-refractivity contribution in [1.82, 2.24) is 0 Å². The van der Waals surface area contributed by atoms with Gasteiger partial charge in [0.05, 0.1) is 0 Å². The quantitative estimate of drug-likeness (QED) is 0.533. The molecule has 0 heterocycles. The van der Waals surface area contributed by atoms with E-state index in [2.05, 4.69) is 40.3 Å². The molecule has 0 amide bonds. The van der Waals surface area contributed by atoms with Crippen LogP contribution in [0.2, 0.25) is 0 Å². The summed E-state index contributed by atoms with van der Waals surface area (Å²) in [5, 5.41) is 0. The molecule has 0 bridgehead atoms. The Labute approximate surface area is 88.1 Å². The van der Waals surface area contributed by atoms with Gasteiger partial charge in [-0.2, -0.15) is 0 Å². The van der Waals surface area contributed by atoms with Crippen molar-refractivity contribution in [2.24, 2.45) is 16.7 Å². The van der Waals surface area contributed by atoms with Crippen LogP contribution in [0.1, 0.15) is 47.0 Å². The van der Waals surface area contributed by atoms with Gasteiger partial charge in [0, 0.05) is 0 Å². The molecule has 78 valence electrons. The Morgan fingerprint density at radius 3 is 2.43 bits per heavy atom. The maximum absolute atomic E-state index is 4.13. The zero-order valence-corrected chi connectivity index (χ0v) is 9.98. The molecule has 2 aliphatic rings. The number of fused-ring (bicyclic) bond motifs is 1. The first-order valence-corrected chi connectivity index (χ1v) is 5.73. The summed E-state index contributed by atoms with van der Waals surface area (Å²) >= 11 is 0. The van der Waals surface area contributed by atoms with E-state index >= 15 is 0 Å². The molecule has 0 spiro atoms. The zero-order valence-electron chi connectivity index (χ0n) is 9.98. The van der Waals surface area contributed by atoms with Gasteiger partial charge in [-0.15, -0.1) is 0 Å². The summed E-state index contributed by atoms with van der Waals surface area (Å²) in [7, 11) is 0. The van der Waals surface area contributed by atoms with Gasteiger partial charge >= 0.3 is 0 Å². The molecule has 0 aliphatic heterocycles. The fourth-order valence-corrected chi connectivity index (χ4v) is 3.07. The van der Waals surface area contributed by atoms with E-state index in [-0.39, 0.29) is 0 Å². The van der Waals surface area contributed by atoms with Gasteiger partial charge in [0.15, 0.2) is 0 Å². The number of hydrogen-bond donors (Lipinski definition) is 0. The number of allylic oxidation sites excluding steroid dienone is 3. The van der Waals surface area contributed by atoms with E-state index in [1.54, 1.807) is 5.57 Å². The van der Waals surface area contributed by atoms with Crippen molar-refractivity contribution in [1.29, 1.82) is 0 Å². The lowest BCUT2D eigenvalue weighted by Gasteiger charge is -2.46. The van der Waals surface area contributed by atoms with Gasteiger partial charge < -0.3 is 0 Å². The highest BCUT2D eigenvalue weighted by Gasteiger charge is 2.45. The highest BCUT2D eigenvalue weighted by molar-refractivity contribution is 5.37. The van der Waals surface area contributed by atoms with E-state index in [0.29, 0.717) is 10.8 Å². The summed E-state index contributed by atoms with van der Waals surface area (Å²) in [5.41, 5.74) is 3.91. The minimum atomic E-state index is 0.416. The summed E-state index contributed by atoms with van der Waals surface area (Å²) in [5.74, 6) is 0.763. The van der Waals surface area contributed by atoms with Crippen molar-refractivity contribution in [3.05, 3.63) is 23.8 Å². The summed E-state index contributed by atoms with van der Waals surface area (Å²) < 4.78 is 0. The lowest BCUT2D eigenvalue weighted by Crippen LogP contribution is -2.36. The van der Waals surface area contributed by atoms with Gasteiger partial charge in [-0.1, -0.05) is 51.5 Å². The van der Waals surface area contributed by atoms with Crippen molar-refractivity contribution >= 4 is 0 Å². The van der Waals surface area contributed by atoms with Crippen LogP contribution in [0.5, 0.6) is 0 Å². The predicted octanol–water partition coefficient (Wildman–Crippen LogP) is 4.34. The van der Waals surface area contributed by atoms with Gasteiger partial charge in [-0.3, -0.25) is 0 Å². The van der Waals surface area contributed by atoms with Crippen LogP contribution < -0.4 is 0 Å². The molecule has 2 rings (SSSR count). The fourth-order valence-electron chi connectivity index (χ4n) is 3.07. The number of hydrogen-bond acceptors (Lipinski definition) is 0. The maximum Gasteiger partial charge on any atom is -0.0103 e. The van der Waals surface area contributed by atoms with Crippen LogP contribution in [0.15, 0.2) is 23.8 Å². The Balaban J connectivity index is 2.40. The second kappa shape index (κ2) is 2.74. The molecule has 0 aromatic rings. The first kappa shape index (κ1) is 10.0. The van der Waals surface area contributed by atoms with Crippen molar-refractivity contribution in [3.63, 3.8) is 0 Å². The third-order valence-corrected chi connectivity index (χ3v) is 4.32. The average Bonchev–Trinajstić information content (AvgIpc) is 2.44. The van der Waals surface area contributed by atoms with Crippen LogP contribution in [-0.4, -0.2) is 0 Å². The number of rotatable bonds is 0. The van der Waals surface area contributed by atoms with Crippen LogP contribution in [0.25, 0.3) is 0 Å². The summed E-state index contributed by atoms with van der Waals surface area (Å²) in [6.07, 6.45) is 6.25. The molecule has 14 heavy (non-hydrogen) atoms. The molecule has 1 unspecified atom stereocenters. The molecule has 0 heteroatoms. The Morgan fingerprint density at radius 1 is 1.21 bits per heavy atom. The standard InChI is InChI=1S/C14H22/c1-10-8-11-12(9-10)14(4,5)7-6-13(11,2)3/h8,12H,1,6-7,9H2,2-5H3. The molecule has 1 fully saturated rings. The van der Waals surface area contributed by atoms with Gasteiger partial charge in [0.2, 0.25) is 0 Å². The maximum atomic E-state index is 4.13. The normalized spacial score (nSPS) is 33.9. The van der Waals surface area contributed by atoms with Crippen LogP contribution >= 0.6 is 0 Å². The molecule has 0 aromatic heterocycles. The highest BCUT2D eigenvalue weighted by atomic mass is 14.5. The third-order valence-electron chi connectivity index (χ3n) is 4.32. The second-order valence-corrected chi connectivity index (χ2v) is 6.39. The van der Waals surface area contributed by atoms with Crippen LogP contribution in [0, 0.1) is 16.7 Å². The van der Waals surface area contributed by atoms with Crippen molar-refractivity contribution in [2.45, 2.75) is 47.0 Å². The molecular formula is C14H22. The van der Waals surface area contributed by atoms with Crippen molar-refractivity contribution in [3.8, 4) is 0 Å². The second-order valence-electron chi connectivity index (χ2n) is 6.39. The SMILES string of the molecule is C=C1C=C2C(C1)C(C)(C)CCC2(C)C. The first-order valence-electron chi connectivity index (χ1n) is 5.73. The Bertz CT molecular complexity index is 302.